The highest BCUT2D eigenvalue weighted by Crippen LogP contribution is 2.31. The molecule has 1 heterocycles. The maximum absolute atomic E-state index is 12.5. The predicted octanol–water partition coefficient (Wildman–Crippen LogP) is 3.94. The van der Waals surface area contributed by atoms with Gasteiger partial charge >= 0.3 is 0 Å². The summed E-state index contributed by atoms with van der Waals surface area (Å²) in [6.07, 6.45) is 1.76. The Kier molecular flexibility index (Phi) is 6.72. The quantitative estimate of drug-likeness (QED) is 0.700. The van der Waals surface area contributed by atoms with Crippen molar-refractivity contribution < 1.29 is 19.1 Å². The van der Waals surface area contributed by atoms with E-state index in [1.165, 1.54) is 0 Å². The number of imide groups is 1. The smallest absolute Gasteiger partial charge is 0.293 e. The van der Waals surface area contributed by atoms with Crippen LogP contribution in [-0.2, 0) is 4.79 Å². The lowest BCUT2D eigenvalue weighted by molar-refractivity contribution is -0.122. The van der Waals surface area contributed by atoms with E-state index in [4.69, 9.17) is 4.74 Å². The zero-order valence-corrected chi connectivity index (χ0v) is 17.1. The molecule has 0 atom stereocenters. The molecule has 0 bridgehead atoms. The second-order valence-electron chi connectivity index (χ2n) is 6.69. The maximum atomic E-state index is 12.5. The van der Waals surface area contributed by atoms with Gasteiger partial charge in [-0.25, -0.2) is 0 Å². The molecule has 0 spiro atoms. The third-order valence-corrected chi connectivity index (χ3v) is 4.99. The lowest BCUT2D eigenvalue weighted by Crippen LogP contribution is -2.37. The van der Waals surface area contributed by atoms with Crippen LogP contribution in [0.2, 0.25) is 0 Å². The number of nitrogens with zero attached hydrogens (tertiary/aromatic N) is 1. The van der Waals surface area contributed by atoms with Crippen LogP contribution < -0.4 is 10.1 Å². The van der Waals surface area contributed by atoms with Crippen molar-refractivity contribution >= 4 is 34.9 Å². The standard InChI is InChI=1S/C22H22N2O4S/c1-15(2)28-18-10-8-17(9-11-18)20(25)23-12-13-24-21(26)19(29-22(24)27)14-16-6-4-3-5-7-16/h3-11,14-15H,12-13H2,1-2H3,(H,23,25). The fraction of sp³-hybridized carbons (Fsp3) is 0.227. The van der Waals surface area contributed by atoms with Crippen LogP contribution in [0.15, 0.2) is 59.5 Å². The third-order valence-electron chi connectivity index (χ3n) is 4.08. The number of benzene rings is 2. The molecule has 2 aromatic rings. The summed E-state index contributed by atoms with van der Waals surface area (Å²) in [6.45, 7) is 4.16. The summed E-state index contributed by atoms with van der Waals surface area (Å²) in [4.78, 5) is 38.4. The molecule has 1 fully saturated rings. The summed E-state index contributed by atoms with van der Waals surface area (Å²) in [5, 5.41) is 2.41. The first kappa shape index (κ1) is 20.7. The summed E-state index contributed by atoms with van der Waals surface area (Å²) in [5.41, 5.74) is 1.34. The van der Waals surface area contributed by atoms with E-state index in [9.17, 15) is 14.4 Å². The van der Waals surface area contributed by atoms with Crippen LogP contribution in [-0.4, -0.2) is 41.1 Å². The zero-order chi connectivity index (χ0) is 20.8. The van der Waals surface area contributed by atoms with E-state index in [1.807, 2.05) is 44.2 Å². The van der Waals surface area contributed by atoms with Crippen LogP contribution in [0.3, 0.4) is 0 Å². The molecule has 0 aliphatic carbocycles. The number of carbonyl (C=O) groups excluding carboxylic acids is 3. The van der Waals surface area contributed by atoms with E-state index in [1.54, 1.807) is 30.3 Å². The first-order chi connectivity index (χ1) is 13.9. The van der Waals surface area contributed by atoms with Crippen LogP contribution in [0.4, 0.5) is 4.79 Å². The normalized spacial score (nSPS) is 15.3. The van der Waals surface area contributed by atoms with Gasteiger partial charge in [-0.2, -0.15) is 0 Å². The van der Waals surface area contributed by atoms with Gasteiger partial charge in [-0.3, -0.25) is 19.3 Å². The van der Waals surface area contributed by atoms with Crippen LogP contribution in [0, 0.1) is 0 Å². The highest BCUT2D eigenvalue weighted by atomic mass is 32.2. The Hall–Kier alpha value is -3.06. The van der Waals surface area contributed by atoms with E-state index < -0.39 is 0 Å². The Morgan fingerprint density at radius 2 is 1.79 bits per heavy atom. The van der Waals surface area contributed by atoms with E-state index in [0.717, 1.165) is 22.2 Å². The van der Waals surface area contributed by atoms with Gasteiger partial charge in [-0.05, 0) is 61.5 Å². The average Bonchev–Trinajstić information content (AvgIpc) is 2.96. The van der Waals surface area contributed by atoms with Crippen molar-refractivity contribution in [2.24, 2.45) is 0 Å². The molecule has 1 N–H and O–H groups in total. The first-order valence-corrected chi connectivity index (χ1v) is 10.1. The Morgan fingerprint density at radius 1 is 1.10 bits per heavy atom. The summed E-state index contributed by atoms with van der Waals surface area (Å²) < 4.78 is 5.55. The Balaban J connectivity index is 1.53. The van der Waals surface area contributed by atoms with Crippen molar-refractivity contribution in [3.8, 4) is 5.75 Å². The molecule has 29 heavy (non-hydrogen) atoms. The van der Waals surface area contributed by atoms with Crippen LogP contribution in [0.5, 0.6) is 5.75 Å². The number of ether oxygens (including phenoxy) is 1. The number of amides is 3. The molecule has 0 saturated carbocycles. The maximum Gasteiger partial charge on any atom is 0.293 e. The number of hydrogen-bond acceptors (Lipinski definition) is 5. The van der Waals surface area contributed by atoms with Gasteiger partial charge in [-0.15, -0.1) is 0 Å². The van der Waals surface area contributed by atoms with Gasteiger partial charge in [0.25, 0.3) is 17.1 Å². The largest absolute Gasteiger partial charge is 0.491 e. The van der Waals surface area contributed by atoms with E-state index in [0.29, 0.717) is 16.2 Å². The highest BCUT2D eigenvalue weighted by Gasteiger charge is 2.34. The van der Waals surface area contributed by atoms with Crippen LogP contribution >= 0.6 is 11.8 Å². The second kappa shape index (κ2) is 9.43. The molecular formula is C22H22N2O4S. The van der Waals surface area contributed by atoms with E-state index in [-0.39, 0.29) is 36.2 Å². The van der Waals surface area contributed by atoms with Crippen molar-refractivity contribution in [3.05, 3.63) is 70.6 Å². The van der Waals surface area contributed by atoms with Gasteiger partial charge in [0.1, 0.15) is 5.75 Å². The minimum Gasteiger partial charge on any atom is -0.491 e. The SMILES string of the molecule is CC(C)Oc1ccc(C(=O)NCCN2C(=O)SC(=Cc3ccccc3)C2=O)cc1. The molecule has 7 heteroatoms. The topological polar surface area (TPSA) is 75.7 Å². The van der Waals surface area contributed by atoms with Gasteiger partial charge < -0.3 is 10.1 Å². The number of rotatable bonds is 7. The predicted molar refractivity (Wildman–Crippen MR) is 114 cm³/mol. The molecule has 1 aliphatic rings. The number of thioether (sulfide) groups is 1. The lowest BCUT2D eigenvalue weighted by atomic mass is 10.2. The van der Waals surface area contributed by atoms with Crippen molar-refractivity contribution in [1.29, 1.82) is 0 Å². The van der Waals surface area contributed by atoms with Crippen LogP contribution in [0.25, 0.3) is 6.08 Å². The monoisotopic (exact) mass is 410 g/mol. The molecule has 1 saturated heterocycles. The van der Waals surface area contributed by atoms with Crippen molar-refractivity contribution in [2.75, 3.05) is 13.1 Å². The molecule has 150 valence electrons. The fourth-order valence-electron chi connectivity index (χ4n) is 2.73. The number of hydrogen-bond donors (Lipinski definition) is 1. The number of carbonyl (C=O) groups is 3. The van der Waals surface area contributed by atoms with Gasteiger partial charge in [-0.1, -0.05) is 30.3 Å². The third kappa shape index (κ3) is 5.48. The van der Waals surface area contributed by atoms with Gasteiger partial charge in [0.15, 0.2) is 0 Å². The molecule has 6 nitrogen and oxygen atoms in total. The molecule has 3 rings (SSSR count). The summed E-state index contributed by atoms with van der Waals surface area (Å²) in [5.74, 6) is 0.0840. The molecular weight excluding hydrogens is 388 g/mol. The number of nitrogens with one attached hydrogen (secondary N) is 1. The average molecular weight is 410 g/mol. The Labute approximate surface area is 173 Å². The second-order valence-corrected chi connectivity index (χ2v) is 7.68. The lowest BCUT2D eigenvalue weighted by Gasteiger charge is -2.13. The van der Waals surface area contributed by atoms with Gasteiger partial charge in [0, 0.05) is 18.7 Å². The Morgan fingerprint density at radius 3 is 2.45 bits per heavy atom. The molecule has 0 unspecified atom stereocenters. The minimum atomic E-state index is -0.340. The zero-order valence-electron chi connectivity index (χ0n) is 16.3. The summed E-state index contributed by atoms with van der Waals surface area (Å²) in [6, 6.07) is 16.2. The summed E-state index contributed by atoms with van der Waals surface area (Å²) in [7, 11) is 0. The minimum absolute atomic E-state index is 0.0592. The van der Waals surface area contributed by atoms with Crippen LogP contribution in [0.1, 0.15) is 29.8 Å². The molecule has 1 aliphatic heterocycles. The van der Waals surface area contributed by atoms with Gasteiger partial charge in [0.05, 0.1) is 11.0 Å². The van der Waals surface area contributed by atoms with Gasteiger partial charge in [0.2, 0.25) is 0 Å². The first-order valence-electron chi connectivity index (χ1n) is 9.29. The van der Waals surface area contributed by atoms with Crippen molar-refractivity contribution in [3.63, 3.8) is 0 Å². The van der Waals surface area contributed by atoms with Crippen molar-refractivity contribution in [1.82, 2.24) is 10.2 Å². The van der Waals surface area contributed by atoms with E-state index in [2.05, 4.69) is 5.32 Å². The Bertz CT molecular complexity index is 924. The fourth-order valence-corrected chi connectivity index (χ4v) is 3.60. The molecule has 0 radical (unpaired) electrons. The highest BCUT2D eigenvalue weighted by molar-refractivity contribution is 8.18. The molecule has 3 amide bonds. The molecule has 2 aromatic carbocycles. The summed E-state index contributed by atoms with van der Waals surface area (Å²) >= 11 is 0.910. The van der Waals surface area contributed by atoms with Crippen molar-refractivity contribution in [2.45, 2.75) is 20.0 Å². The molecule has 0 aromatic heterocycles. The van der Waals surface area contributed by atoms with E-state index >= 15 is 0 Å².